The van der Waals surface area contributed by atoms with Crippen molar-refractivity contribution in [2.75, 3.05) is 10.8 Å². The largest absolute Gasteiger partial charge is 0.350 e. The van der Waals surface area contributed by atoms with Crippen molar-refractivity contribution in [2.45, 2.75) is 57.1 Å². The van der Waals surface area contributed by atoms with Crippen molar-refractivity contribution in [2.24, 2.45) is 0 Å². The second kappa shape index (κ2) is 13.7. The molecule has 0 aromatic heterocycles. The maximum Gasteiger partial charge on any atom is 0.264 e. The standard InChI is InChI=1S/C29H31Cl4N3O4S/c1-5-25(28(38)34-29(2,3)4)35(17-19-11-12-20(30)15-23(19)32)27(37)18-36(26-14-13-21(31)16-24(26)33)41(39,40)22-9-7-6-8-10-22/h6-16,25H,5,17-18H2,1-4H3,(H,34,38)/t25-/m1/s1. The predicted molar refractivity (Wildman–Crippen MR) is 166 cm³/mol. The second-order valence-corrected chi connectivity index (χ2v) is 13.9. The summed E-state index contributed by atoms with van der Waals surface area (Å²) in [6.45, 7) is 6.54. The molecule has 0 bridgehead atoms. The first kappa shape index (κ1) is 33.0. The van der Waals surface area contributed by atoms with Crippen molar-refractivity contribution in [1.82, 2.24) is 10.2 Å². The van der Waals surface area contributed by atoms with E-state index in [0.29, 0.717) is 20.6 Å². The van der Waals surface area contributed by atoms with E-state index >= 15 is 0 Å². The minimum atomic E-state index is -4.27. The number of carbonyl (C=O) groups excluding carboxylic acids is 2. The van der Waals surface area contributed by atoms with E-state index in [2.05, 4.69) is 5.32 Å². The van der Waals surface area contributed by atoms with Crippen LogP contribution in [-0.4, -0.2) is 43.3 Å². The van der Waals surface area contributed by atoms with Gasteiger partial charge in [0, 0.05) is 27.2 Å². The van der Waals surface area contributed by atoms with Gasteiger partial charge in [0.15, 0.2) is 0 Å². The van der Waals surface area contributed by atoms with Crippen LogP contribution in [0.2, 0.25) is 20.1 Å². The van der Waals surface area contributed by atoms with Crippen LogP contribution in [-0.2, 0) is 26.2 Å². The summed E-state index contributed by atoms with van der Waals surface area (Å²) < 4.78 is 28.7. The monoisotopic (exact) mass is 657 g/mol. The van der Waals surface area contributed by atoms with Crippen LogP contribution < -0.4 is 9.62 Å². The number of anilines is 1. The molecule has 3 rings (SSSR count). The molecular weight excluding hydrogens is 628 g/mol. The summed E-state index contributed by atoms with van der Waals surface area (Å²) in [5.74, 6) is -1.03. The van der Waals surface area contributed by atoms with Gasteiger partial charge in [-0.15, -0.1) is 0 Å². The van der Waals surface area contributed by atoms with Gasteiger partial charge in [-0.3, -0.25) is 13.9 Å². The van der Waals surface area contributed by atoms with Crippen molar-refractivity contribution < 1.29 is 18.0 Å². The highest BCUT2D eigenvalue weighted by Crippen LogP contribution is 2.33. The molecule has 0 aliphatic rings. The highest BCUT2D eigenvalue weighted by atomic mass is 35.5. The average Bonchev–Trinajstić information content (AvgIpc) is 2.88. The van der Waals surface area contributed by atoms with Gasteiger partial charge < -0.3 is 10.2 Å². The van der Waals surface area contributed by atoms with Crippen molar-refractivity contribution in [3.05, 3.63) is 92.4 Å². The summed E-state index contributed by atoms with van der Waals surface area (Å²) in [4.78, 5) is 28.8. The Kier molecular flexibility index (Phi) is 11.0. The summed E-state index contributed by atoms with van der Waals surface area (Å²) in [5, 5.41) is 3.96. The summed E-state index contributed by atoms with van der Waals surface area (Å²) in [6, 6.07) is 15.9. The molecular formula is C29H31Cl4N3O4S. The Morgan fingerprint density at radius 2 is 1.46 bits per heavy atom. The first-order valence-electron chi connectivity index (χ1n) is 12.7. The molecule has 2 amide bonds. The Labute approximate surface area is 261 Å². The fourth-order valence-electron chi connectivity index (χ4n) is 4.12. The van der Waals surface area contributed by atoms with Crippen LogP contribution in [0.5, 0.6) is 0 Å². The zero-order valence-corrected chi connectivity index (χ0v) is 26.8. The molecule has 0 heterocycles. The molecule has 0 radical (unpaired) electrons. The predicted octanol–water partition coefficient (Wildman–Crippen LogP) is 7.22. The number of hydrogen-bond acceptors (Lipinski definition) is 4. The van der Waals surface area contributed by atoms with Gasteiger partial charge in [-0.1, -0.05) is 77.6 Å². The molecule has 3 aromatic carbocycles. The van der Waals surface area contributed by atoms with E-state index in [1.54, 1.807) is 37.3 Å². The number of sulfonamides is 1. The molecule has 41 heavy (non-hydrogen) atoms. The molecule has 0 saturated heterocycles. The van der Waals surface area contributed by atoms with Crippen molar-refractivity contribution in [3.63, 3.8) is 0 Å². The van der Waals surface area contributed by atoms with Crippen LogP contribution in [0.3, 0.4) is 0 Å². The third kappa shape index (κ3) is 8.52. The Balaban J connectivity index is 2.12. The number of carbonyl (C=O) groups is 2. The van der Waals surface area contributed by atoms with Crippen molar-refractivity contribution in [3.8, 4) is 0 Å². The molecule has 0 unspecified atom stereocenters. The lowest BCUT2D eigenvalue weighted by Crippen LogP contribution is -2.55. The Hall–Kier alpha value is -2.49. The molecule has 1 N–H and O–H groups in total. The molecule has 0 spiro atoms. The van der Waals surface area contributed by atoms with E-state index < -0.39 is 34.1 Å². The minimum Gasteiger partial charge on any atom is -0.350 e. The van der Waals surface area contributed by atoms with Crippen LogP contribution in [0.15, 0.2) is 71.6 Å². The van der Waals surface area contributed by atoms with Gasteiger partial charge in [0.05, 0.1) is 15.6 Å². The molecule has 220 valence electrons. The third-order valence-electron chi connectivity index (χ3n) is 6.03. The Morgan fingerprint density at radius 1 is 0.878 bits per heavy atom. The molecule has 0 aliphatic heterocycles. The quantitative estimate of drug-likeness (QED) is 0.249. The first-order valence-corrected chi connectivity index (χ1v) is 15.7. The highest BCUT2D eigenvalue weighted by Gasteiger charge is 2.35. The lowest BCUT2D eigenvalue weighted by molar-refractivity contribution is -0.141. The van der Waals surface area contributed by atoms with E-state index in [0.717, 1.165) is 4.31 Å². The minimum absolute atomic E-state index is 0.0367. The number of halogens is 4. The zero-order chi connectivity index (χ0) is 30.5. The molecule has 0 saturated carbocycles. The third-order valence-corrected chi connectivity index (χ3v) is 8.93. The van der Waals surface area contributed by atoms with Crippen LogP contribution in [0, 0.1) is 0 Å². The van der Waals surface area contributed by atoms with Gasteiger partial charge in [-0.25, -0.2) is 8.42 Å². The Bertz CT molecular complexity index is 1510. The lowest BCUT2D eigenvalue weighted by Gasteiger charge is -2.35. The van der Waals surface area contributed by atoms with Gasteiger partial charge in [0.2, 0.25) is 11.8 Å². The number of nitrogens with zero attached hydrogens (tertiary/aromatic N) is 2. The summed E-state index contributed by atoms with van der Waals surface area (Å²) in [5.41, 5.74) is 0.0229. The van der Waals surface area contributed by atoms with Crippen molar-refractivity contribution >= 4 is 73.9 Å². The normalized spacial score (nSPS) is 12.5. The SMILES string of the molecule is CC[C@H](C(=O)NC(C)(C)C)N(Cc1ccc(Cl)cc1Cl)C(=O)CN(c1ccc(Cl)cc1Cl)S(=O)(=O)c1ccccc1. The van der Waals surface area contributed by atoms with E-state index in [-0.39, 0.29) is 34.5 Å². The van der Waals surface area contributed by atoms with E-state index in [4.69, 9.17) is 46.4 Å². The number of amides is 2. The van der Waals surface area contributed by atoms with Gasteiger partial charge in [0.1, 0.15) is 12.6 Å². The number of hydrogen-bond donors (Lipinski definition) is 1. The maximum atomic E-state index is 14.1. The highest BCUT2D eigenvalue weighted by molar-refractivity contribution is 7.92. The molecule has 1 atom stereocenters. The summed E-state index contributed by atoms with van der Waals surface area (Å²) in [6.07, 6.45) is 0.256. The molecule has 12 heteroatoms. The van der Waals surface area contributed by atoms with Crippen LogP contribution in [0.1, 0.15) is 39.7 Å². The molecule has 0 fully saturated rings. The van der Waals surface area contributed by atoms with E-state index in [1.165, 1.54) is 41.3 Å². The Morgan fingerprint density at radius 3 is 2.00 bits per heavy atom. The van der Waals surface area contributed by atoms with Crippen molar-refractivity contribution in [1.29, 1.82) is 0 Å². The molecule has 3 aromatic rings. The number of nitrogens with one attached hydrogen (secondary N) is 1. The average molecular weight is 659 g/mol. The molecule has 0 aliphatic carbocycles. The fraction of sp³-hybridized carbons (Fsp3) is 0.310. The summed E-state index contributed by atoms with van der Waals surface area (Å²) in [7, 11) is -4.27. The fourth-order valence-corrected chi connectivity index (χ4v) is 6.61. The smallest absolute Gasteiger partial charge is 0.264 e. The topological polar surface area (TPSA) is 86.8 Å². The zero-order valence-electron chi connectivity index (χ0n) is 23.0. The van der Waals surface area contributed by atoms with E-state index in [1.807, 2.05) is 20.8 Å². The lowest BCUT2D eigenvalue weighted by atomic mass is 10.1. The van der Waals surface area contributed by atoms with Crippen LogP contribution >= 0.6 is 46.4 Å². The van der Waals surface area contributed by atoms with Crippen LogP contribution in [0.4, 0.5) is 5.69 Å². The van der Waals surface area contributed by atoms with Gasteiger partial charge in [-0.2, -0.15) is 0 Å². The van der Waals surface area contributed by atoms with Crippen LogP contribution in [0.25, 0.3) is 0 Å². The van der Waals surface area contributed by atoms with Gasteiger partial charge in [0.25, 0.3) is 10.0 Å². The first-order chi connectivity index (χ1) is 19.1. The summed E-state index contributed by atoms with van der Waals surface area (Å²) >= 11 is 25.0. The number of benzene rings is 3. The van der Waals surface area contributed by atoms with Gasteiger partial charge >= 0.3 is 0 Å². The molecule has 7 nitrogen and oxygen atoms in total. The van der Waals surface area contributed by atoms with E-state index in [9.17, 15) is 18.0 Å². The number of rotatable bonds is 10. The van der Waals surface area contributed by atoms with Gasteiger partial charge in [-0.05, 0) is 75.2 Å². The second-order valence-electron chi connectivity index (χ2n) is 10.3. The maximum absolute atomic E-state index is 14.1.